The van der Waals surface area contributed by atoms with Gasteiger partial charge in [0.25, 0.3) is 0 Å². The number of benzene rings is 2. The lowest BCUT2D eigenvalue weighted by Gasteiger charge is -2.12. The van der Waals surface area contributed by atoms with Crippen molar-refractivity contribution in [1.82, 2.24) is 4.72 Å². The highest BCUT2D eigenvalue weighted by Gasteiger charge is 2.16. The molecule has 2 N–H and O–H groups in total. The number of para-hydroxylation sites is 2. The Labute approximate surface area is 156 Å². The zero-order chi connectivity index (χ0) is 20.0. The molecule has 0 saturated carbocycles. The monoisotopic (exact) mass is 398 g/mol. The van der Waals surface area contributed by atoms with Crippen LogP contribution >= 0.6 is 0 Å². The lowest BCUT2D eigenvalue weighted by atomic mass is 10.1. The molecule has 0 aliphatic carbocycles. The van der Waals surface area contributed by atoms with E-state index >= 15 is 0 Å². The number of hydrogen-bond donors (Lipinski definition) is 2. The molecule has 0 bridgehead atoms. The van der Waals surface area contributed by atoms with Crippen molar-refractivity contribution >= 4 is 21.6 Å². The molecule has 0 aliphatic rings. The molecule has 9 heteroatoms. The number of carbonyl (C=O) groups excluding carboxylic acids is 1. The first-order valence-corrected chi connectivity index (χ1v) is 9.58. The van der Waals surface area contributed by atoms with Crippen molar-refractivity contribution in [3.05, 3.63) is 53.6 Å². The number of rotatable bonds is 8. The summed E-state index contributed by atoms with van der Waals surface area (Å²) in [6, 6.07) is 10.5. The van der Waals surface area contributed by atoms with E-state index in [4.69, 9.17) is 0 Å². The normalized spacial score (nSPS) is 11.4. The zero-order valence-corrected chi connectivity index (χ0v) is 15.6. The van der Waals surface area contributed by atoms with E-state index < -0.39 is 22.5 Å². The fourth-order valence-electron chi connectivity index (χ4n) is 2.24. The van der Waals surface area contributed by atoms with E-state index in [2.05, 4.69) is 14.8 Å². The second kappa shape index (κ2) is 8.92. The van der Waals surface area contributed by atoms with Crippen molar-refractivity contribution in [1.29, 1.82) is 0 Å². The minimum absolute atomic E-state index is 0.0832. The summed E-state index contributed by atoms with van der Waals surface area (Å²) in [5.74, 6) is -0.709. The van der Waals surface area contributed by atoms with E-state index in [1.54, 1.807) is 25.1 Å². The zero-order valence-electron chi connectivity index (χ0n) is 14.8. The molecule has 0 aliphatic heterocycles. The lowest BCUT2D eigenvalue weighted by Crippen LogP contribution is -2.28. The first kappa shape index (κ1) is 20.8. The molecule has 146 valence electrons. The molecule has 2 aromatic carbocycles. The number of sulfonamides is 1. The van der Waals surface area contributed by atoms with Gasteiger partial charge in [-0.3, -0.25) is 4.79 Å². The maximum Gasteiger partial charge on any atom is 0.387 e. The van der Waals surface area contributed by atoms with Crippen molar-refractivity contribution in [2.24, 2.45) is 0 Å². The third kappa shape index (κ3) is 6.00. The second-order valence-corrected chi connectivity index (χ2v) is 7.58. The Morgan fingerprint density at radius 3 is 2.48 bits per heavy atom. The maximum atomic E-state index is 12.4. The highest BCUT2D eigenvalue weighted by atomic mass is 32.2. The number of ether oxygens (including phenoxy) is 1. The van der Waals surface area contributed by atoms with Crippen LogP contribution in [0, 0.1) is 13.8 Å². The number of halogens is 2. The smallest absolute Gasteiger partial charge is 0.387 e. The van der Waals surface area contributed by atoms with E-state index in [9.17, 15) is 22.0 Å². The summed E-state index contributed by atoms with van der Waals surface area (Å²) in [6.07, 6.45) is -0.174. The van der Waals surface area contributed by atoms with Crippen LogP contribution in [0.5, 0.6) is 5.75 Å². The molecule has 0 fully saturated rings. The Morgan fingerprint density at radius 2 is 1.81 bits per heavy atom. The summed E-state index contributed by atoms with van der Waals surface area (Å²) in [5.41, 5.74) is 1.89. The van der Waals surface area contributed by atoms with Crippen molar-refractivity contribution in [2.75, 3.05) is 11.9 Å². The highest BCUT2D eigenvalue weighted by Crippen LogP contribution is 2.25. The Morgan fingerprint density at radius 1 is 1.11 bits per heavy atom. The van der Waals surface area contributed by atoms with Gasteiger partial charge in [-0.25, -0.2) is 13.1 Å². The van der Waals surface area contributed by atoms with Gasteiger partial charge in [0.15, 0.2) is 0 Å². The summed E-state index contributed by atoms with van der Waals surface area (Å²) in [5, 5.41) is 2.43. The number of amides is 1. The molecule has 6 nitrogen and oxygen atoms in total. The number of carbonyl (C=O) groups is 1. The minimum atomic E-state index is -3.75. The fraction of sp³-hybridized carbons (Fsp3) is 0.278. The van der Waals surface area contributed by atoms with Crippen LogP contribution in [-0.2, 0) is 14.8 Å². The molecular formula is C18H20F2N2O4S. The summed E-state index contributed by atoms with van der Waals surface area (Å²) in [6.45, 7) is 0.520. The third-order valence-corrected chi connectivity index (χ3v) is 5.27. The summed E-state index contributed by atoms with van der Waals surface area (Å²) in [4.78, 5) is 12.1. The molecule has 1 amide bonds. The van der Waals surface area contributed by atoms with Gasteiger partial charge in [-0.05, 0) is 49.2 Å². The predicted molar refractivity (Wildman–Crippen MR) is 97.4 cm³/mol. The van der Waals surface area contributed by atoms with Crippen LogP contribution in [0.4, 0.5) is 14.5 Å². The first-order chi connectivity index (χ1) is 12.7. The van der Waals surface area contributed by atoms with E-state index in [0.29, 0.717) is 0 Å². The Hall–Kier alpha value is -2.52. The van der Waals surface area contributed by atoms with E-state index in [-0.39, 0.29) is 29.3 Å². The van der Waals surface area contributed by atoms with Crippen LogP contribution < -0.4 is 14.8 Å². The predicted octanol–water partition coefficient (Wildman–Crippen LogP) is 3.21. The van der Waals surface area contributed by atoms with Crippen molar-refractivity contribution < 1.29 is 26.7 Å². The Kier molecular flexibility index (Phi) is 6.86. The SMILES string of the molecule is Cc1ccc(S(=O)(=O)NCCC(=O)Nc2ccccc2OC(F)F)cc1C. The van der Waals surface area contributed by atoms with Gasteiger partial charge in [-0.1, -0.05) is 18.2 Å². The molecule has 2 rings (SSSR count). The van der Waals surface area contributed by atoms with Crippen molar-refractivity contribution in [3.8, 4) is 5.75 Å². The van der Waals surface area contributed by atoms with Crippen LogP contribution in [0.1, 0.15) is 17.5 Å². The molecular weight excluding hydrogens is 378 g/mol. The molecule has 0 spiro atoms. The number of nitrogens with one attached hydrogen (secondary N) is 2. The van der Waals surface area contributed by atoms with Crippen molar-refractivity contribution in [3.63, 3.8) is 0 Å². The average molecular weight is 398 g/mol. The van der Waals surface area contributed by atoms with E-state index in [0.717, 1.165) is 11.1 Å². The van der Waals surface area contributed by atoms with Crippen LogP contribution in [0.25, 0.3) is 0 Å². The second-order valence-electron chi connectivity index (χ2n) is 5.82. The number of anilines is 1. The van der Waals surface area contributed by atoms with Gasteiger partial charge in [0.1, 0.15) is 5.75 Å². The van der Waals surface area contributed by atoms with Gasteiger partial charge in [0.2, 0.25) is 15.9 Å². The van der Waals surface area contributed by atoms with Gasteiger partial charge in [-0.15, -0.1) is 0 Å². The standard InChI is InChI=1S/C18H20F2N2O4S/c1-12-7-8-14(11-13(12)2)27(24,25)21-10-9-17(23)22-15-5-3-4-6-16(15)26-18(19)20/h3-8,11,18,21H,9-10H2,1-2H3,(H,22,23). The Balaban J connectivity index is 1.93. The van der Waals surface area contributed by atoms with Gasteiger partial charge < -0.3 is 10.1 Å². The van der Waals surface area contributed by atoms with Crippen LogP contribution in [0.3, 0.4) is 0 Å². The summed E-state index contributed by atoms with van der Waals surface area (Å²) in [7, 11) is -3.75. The molecule has 2 aromatic rings. The average Bonchev–Trinajstić information content (AvgIpc) is 2.58. The molecule has 0 unspecified atom stereocenters. The minimum Gasteiger partial charge on any atom is -0.433 e. The topological polar surface area (TPSA) is 84.5 Å². The van der Waals surface area contributed by atoms with Gasteiger partial charge in [0.05, 0.1) is 10.6 Å². The number of hydrogen-bond acceptors (Lipinski definition) is 4. The largest absolute Gasteiger partial charge is 0.433 e. The molecule has 27 heavy (non-hydrogen) atoms. The molecule has 0 atom stereocenters. The molecule has 0 heterocycles. The van der Waals surface area contributed by atoms with Gasteiger partial charge >= 0.3 is 6.61 Å². The first-order valence-electron chi connectivity index (χ1n) is 8.09. The van der Waals surface area contributed by atoms with Gasteiger partial charge in [-0.2, -0.15) is 8.78 Å². The van der Waals surface area contributed by atoms with Crippen LogP contribution in [-0.4, -0.2) is 27.5 Å². The fourth-order valence-corrected chi connectivity index (χ4v) is 3.36. The molecule has 0 aromatic heterocycles. The quantitative estimate of drug-likeness (QED) is 0.715. The highest BCUT2D eigenvalue weighted by molar-refractivity contribution is 7.89. The van der Waals surface area contributed by atoms with E-state index in [1.807, 2.05) is 6.92 Å². The molecule has 0 radical (unpaired) electrons. The summed E-state index contributed by atoms with van der Waals surface area (Å²) >= 11 is 0. The third-order valence-electron chi connectivity index (χ3n) is 3.81. The Bertz CT molecular complexity index is 917. The number of alkyl halides is 2. The van der Waals surface area contributed by atoms with E-state index in [1.165, 1.54) is 24.3 Å². The number of aryl methyl sites for hydroxylation is 2. The molecule has 0 saturated heterocycles. The van der Waals surface area contributed by atoms with Crippen molar-refractivity contribution in [2.45, 2.75) is 31.8 Å². The van der Waals surface area contributed by atoms with Crippen LogP contribution in [0.15, 0.2) is 47.4 Å². The van der Waals surface area contributed by atoms with Crippen LogP contribution in [0.2, 0.25) is 0 Å². The maximum absolute atomic E-state index is 12.4. The lowest BCUT2D eigenvalue weighted by molar-refractivity contribution is -0.116. The van der Waals surface area contributed by atoms with Gasteiger partial charge in [0, 0.05) is 13.0 Å². The summed E-state index contributed by atoms with van der Waals surface area (Å²) < 4.78 is 55.9.